The Morgan fingerprint density at radius 2 is 1.59 bits per heavy atom. The summed E-state index contributed by atoms with van der Waals surface area (Å²) in [5, 5.41) is 25.5. The molecule has 3 amide bonds. The highest BCUT2D eigenvalue weighted by molar-refractivity contribution is 7.84. The fraction of sp³-hybridized carbons (Fsp3) is 0.667. The average molecular weight is 604 g/mol. The predicted molar refractivity (Wildman–Crippen MR) is 153 cm³/mol. The van der Waals surface area contributed by atoms with E-state index in [0.29, 0.717) is 17.9 Å². The first-order valence-electron chi connectivity index (χ1n) is 13.5. The van der Waals surface area contributed by atoms with E-state index >= 15 is 0 Å². The van der Waals surface area contributed by atoms with Crippen LogP contribution in [0.2, 0.25) is 0 Å². The fourth-order valence-electron chi connectivity index (χ4n) is 3.61. The topological polar surface area (TPSA) is 182 Å². The molecule has 0 aromatic heterocycles. The first-order valence-corrected chi connectivity index (χ1v) is 15.3. The van der Waals surface area contributed by atoms with E-state index in [4.69, 9.17) is 20.0 Å². The van der Waals surface area contributed by atoms with Crippen LogP contribution in [0.15, 0.2) is 24.3 Å². The molecule has 0 bridgehead atoms. The summed E-state index contributed by atoms with van der Waals surface area (Å²) in [4.78, 5) is 46.9. The van der Waals surface area contributed by atoms with Crippen LogP contribution < -0.4 is 20.7 Å². The Kier molecular flexibility index (Phi) is 17.1. The zero-order valence-electron chi connectivity index (χ0n) is 24.5. The van der Waals surface area contributed by atoms with Crippen molar-refractivity contribution in [2.75, 3.05) is 31.8 Å². The van der Waals surface area contributed by atoms with Crippen LogP contribution in [0.25, 0.3) is 0 Å². The van der Waals surface area contributed by atoms with Crippen molar-refractivity contribution in [3.63, 3.8) is 0 Å². The van der Waals surface area contributed by atoms with E-state index in [2.05, 4.69) is 32.6 Å². The molecule has 0 radical (unpaired) electrons. The number of carbonyl (C=O) groups is 3. The Bertz CT molecular complexity index is 950. The van der Waals surface area contributed by atoms with Crippen LogP contribution in [-0.4, -0.2) is 88.2 Å². The molecule has 1 aromatic rings. The molecule has 0 aliphatic heterocycles. The highest BCUT2D eigenvalue weighted by Gasteiger charge is 2.29. The van der Waals surface area contributed by atoms with Gasteiger partial charge in [-0.3, -0.25) is 24.3 Å². The van der Waals surface area contributed by atoms with Gasteiger partial charge in [0.15, 0.2) is 6.10 Å². The fourth-order valence-corrected chi connectivity index (χ4v) is 4.18. The molecule has 0 aliphatic rings. The molecule has 234 valence electrons. The summed E-state index contributed by atoms with van der Waals surface area (Å²) < 4.78 is 22.6. The van der Waals surface area contributed by atoms with E-state index in [1.54, 1.807) is 45.0 Å². The number of hydrogen-bond acceptors (Lipinski definition) is 10. The molecule has 1 rings (SSSR count). The number of nitrogens with one attached hydrogen (secondary N) is 3. The second-order valence-electron chi connectivity index (χ2n) is 10.5. The lowest BCUT2D eigenvalue weighted by Crippen LogP contribution is -2.55. The number of hydrogen-bond donors (Lipinski definition) is 5. The van der Waals surface area contributed by atoms with Crippen molar-refractivity contribution in [3.8, 4) is 5.75 Å². The van der Waals surface area contributed by atoms with Crippen LogP contribution in [0.4, 0.5) is 4.79 Å². The van der Waals surface area contributed by atoms with Gasteiger partial charge in [-0.05, 0) is 51.3 Å². The van der Waals surface area contributed by atoms with Crippen molar-refractivity contribution in [1.82, 2.24) is 16.0 Å². The molecule has 41 heavy (non-hydrogen) atoms. The summed E-state index contributed by atoms with van der Waals surface area (Å²) in [5.41, 5.74) is -0.0859. The van der Waals surface area contributed by atoms with Gasteiger partial charge in [-0.25, -0.2) is 14.6 Å². The van der Waals surface area contributed by atoms with Crippen LogP contribution in [0.5, 0.6) is 5.75 Å². The molecule has 1 aromatic carbocycles. The number of benzene rings is 1. The number of alkyl carbamates (subject to hydrolysis) is 1. The van der Waals surface area contributed by atoms with Crippen molar-refractivity contribution >= 4 is 28.7 Å². The van der Waals surface area contributed by atoms with Gasteiger partial charge in [0, 0.05) is 35.8 Å². The number of ether oxygens (including phenoxy) is 2. The molecular formula is C27H45N3O10S. The third-order valence-corrected chi connectivity index (χ3v) is 6.41. The van der Waals surface area contributed by atoms with E-state index in [0.717, 1.165) is 19.3 Å². The Hall–Kier alpha value is -2.78. The number of rotatable bonds is 19. The van der Waals surface area contributed by atoms with Crippen molar-refractivity contribution in [3.05, 3.63) is 29.8 Å². The minimum absolute atomic E-state index is 0.0847. The minimum Gasteiger partial charge on any atom is -0.485 e. The van der Waals surface area contributed by atoms with Crippen LogP contribution in [0.1, 0.15) is 58.9 Å². The predicted octanol–water partition coefficient (Wildman–Crippen LogP) is 2.41. The molecule has 3 atom stereocenters. The third kappa shape index (κ3) is 16.3. The molecule has 3 unspecified atom stereocenters. The lowest BCUT2D eigenvalue weighted by molar-refractivity contribution is -0.286. The SMILES string of the molecule is CCCCCNC(=O)C(Cc1ccc(OC(COO)COO)cc1)NC(=O)C(CCS(C)=O)NC(=O)OC(C)(C)C. The first-order chi connectivity index (χ1) is 19.4. The third-order valence-electron chi connectivity index (χ3n) is 5.60. The van der Waals surface area contributed by atoms with E-state index in [1.807, 2.05) is 0 Å². The Balaban J connectivity index is 3.07. The number of carbonyl (C=O) groups excluding carboxylic acids is 3. The highest BCUT2D eigenvalue weighted by atomic mass is 32.2. The van der Waals surface area contributed by atoms with Gasteiger partial charge in [0.05, 0.1) is 0 Å². The van der Waals surface area contributed by atoms with Crippen LogP contribution in [0.3, 0.4) is 0 Å². The van der Waals surface area contributed by atoms with Gasteiger partial charge in [-0.15, -0.1) is 0 Å². The normalized spacial score (nSPS) is 13.7. The number of amides is 3. The quantitative estimate of drug-likeness (QED) is 0.0895. The second-order valence-corrected chi connectivity index (χ2v) is 12.1. The minimum atomic E-state index is -1.21. The average Bonchev–Trinajstić information content (AvgIpc) is 2.88. The van der Waals surface area contributed by atoms with E-state index in [1.165, 1.54) is 6.26 Å². The lowest BCUT2D eigenvalue weighted by Gasteiger charge is -2.25. The summed E-state index contributed by atoms with van der Waals surface area (Å²) in [6, 6.07) is 4.61. The lowest BCUT2D eigenvalue weighted by atomic mass is 10.0. The summed E-state index contributed by atoms with van der Waals surface area (Å²) in [6.07, 6.45) is 2.86. The Morgan fingerprint density at radius 3 is 2.12 bits per heavy atom. The summed E-state index contributed by atoms with van der Waals surface area (Å²) >= 11 is 0. The maximum Gasteiger partial charge on any atom is 0.408 e. The van der Waals surface area contributed by atoms with Gasteiger partial charge in [-0.1, -0.05) is 31.9 Å². The standard InChI is InChI=1S/C27H45N3O10S/c1-6-7-8-14-28-24(31)23(16-19-9-11-20(12-10-19)39-21(17-37-34)18-38-35)29-25(32)22(13-15-41(5)36)30-26(33)40-27(2,3)4/h9-12,21-23,34-35H,6-8,13-18H2,1-5H3,(H,28,31)(H,29,32)(H,30,33). The van der Waals surface area contributed by atoms with Gasteiger partial charge >= 0.3 is 6.09 Å². The summed E-state index contributed by atoms with van der Waals surface area (Å²) in [5.74, 6) is -0.435. The molecule has 0 saturated carbocycles. The van der Waals surface area contributed by atoms with E-state index in [9.17, 15) is 18.6 Å². The second kappa shape index (κ2) is 19.4. The molecule has 0 spiro atoms. The Morgan fingerprint density at radius 1 is 0.951 bits per heavy atom. The van der Waals surface area contributed by atoms with Crippen molar-refractivity contribution < 1.29 is 48.4 Å². The molecule has 5 N–H and O–H groups in total. The zero-order chi connectivity index (χ0) is 30.8. The summed E-state index contributed by atoms with van der Waals surface area (Å²) in [7, 11) is -1.21. The van der Waals surface area contributed by atoms with E-state index in [-0.39, 0.29) is 37.7 Å². The molecule has 14 heteroatoms. The van der Waals surface area contributed by atoms with Crippen molar-refractivity contribution in [2.45, 2.75) is 83.6 Å². The molecule has 13 nitrogen and oxygen atoms in total. The van der Waals surface area contributed by atoms with Crippen molar-refractivity contribution in [2.24, 2.45) is 0 Å². The summed E-state index contributed by atoms with van der Waals surface area (Å²) in [6.45, 7) is 7.10. The zero-order valence-corrected chi connectivity index (χ0v) is 25.3. The molecule has 0 saturated heterocycles. The monoisotopic (exact) mass is 603 g/mol. The van der Waals surface area contributed by atoms with Crippen molar-refractivity contribution in [1.29, 1.82) is 0 Å². The van der Waals surface area contributed by atoms with Gasteiger partial charge < -0.3 is 25.4 Å². The highest BCUT2D eigenvalue weighted by Crippen LogP contribution is 2.16. The maximum atomic E-state index is 13.3. The van der Waals surface area contributed by atoms with Gasteiger partial charge in [0.25, 0.3) is 0 Å². The Labute approximate surface area is 244 Å². The molecular weight excluding hydrogens is 558 g/mol. The first kappa shape index (κ1) is 36.2. The van der Waals surface area contributed by atoms with E-state index < -0.39 is 46.6 Å². The molecule has 0 heterocycles. The largest absolute Gasteiger partial charge is 0.485 e. The molecule has 0 fully saturated rings. The maximum absolute atomic E-state index is 13.3. The van der Waals surface area contributed by atoms with Crippen LogP contribution in [-0.2, 0) is 41.3 Å². The van der Waals surface area contributed by atoms with Crippen LogP contribution in [0, 0.1) is 0 Å². The smallest absolute Gasteiger partial charge is 0.408 e. The number of unbranched alkanes of at least 4 members (excludes halogenated alkanes) is 2. The van der Waals surface area contributed by atoms with Crippen LogP contribution >= 0.6 is 0 Å². The van der Waals surface area contributed by atoms with Gasteiger partial charge in [0.2, 0.25) is 11.8 Å². The van der Waals surface area contributed by atoms with Gasteiger partial charge in [0.1, 0.15) is 36.6 Å². The van der Waals surface area contributed by atoms with Gasteiger partial charge in [-0.2, -0.15) is 0 Å². The molecule has 0 aliphatic carbocycles.